The average Bonchev–Trinajstić information content (AvgIpc) is 2.46. The quantitative estimate of drug-likeness (QED) is 0.908. The average molecular weight is 263 g/mol. The minimum absolute atomic E-state index is 0.151. The molecule has 19 heavy (non-hydrogen) atoms. The van der Waals surface area contributed by atoms with Gasteiger partial charge in [-0.1, -0.05) is 0 Å². The molecule has 1 aromatic rings. The van der Waals surface area contributed by atoms with E-state index in [0.29, 0.717) is 17.0 Å². The topological polar surface area (TPSA) is 53.2 Å². The molecule has 3 nitrogen and oxygen atoms in total. The van der Waals surface area contributed by atoms with Gasteiger partial charge < -0.3 is 9.84 Å². The molecule has 0 amide bonds. The van der Waals surface area contributed by atoms with Crippen molar-refractivity contribution in [3.8, 4) is 6.07 Å². The number of nitriles is 1. The minimum atomic E-state index is -0.346. The number of rotatable bonds is 4. The summed E-state index contributed by atoms with van der Waals surface area (Å²) in [7, 11) is 0. The van der Waals surface area contributed by atoms with Crippen LogP contribution in [0.25, 0.3) is 0 Å². The smallest absolute Gasteiger partial charge is 0.123 e. The first-order valence-corrected chi connectivity index (χ1v) is 6.64. The molecule has 1 aliphatic rings. The fourth-order valence-corrected chi connectivity index (χ4v) is 2.48. The fourth-order valence-electron chi connectivity index (χ4n) is 2.48. The number of nitrogens with zero attached hydrogens (tertiary/aromatic N) is 1. The second-order valence-electron chi connectivity index (χ2n) is 5.05. The zero-order chi connectivity index (χ0) is 13.7. The Morgan fingerprint density at radius 2 is 2.05 bits per heavy atom. The van der Waals surface area contributed by atoms with Gasteiger partial charge in [0.25, 0.3) is 0 Å². The first-order chi connectivity index (χ1) is 9.22. The van der Waals surface area contributed by atoms with Gasteiger partial charge in [-0.3, -0.25) is 0 Å². The van der Waals surface area contributed by atoms with Gasteiger partial charge in [-0.15, -0.1) is 0 Å². The third kappa shape index (κ3) is 3.76. The van der Waals surface area contributed by atoms with Crippen molar-refractivity contribution in [1.82, 2.24) is 0 Å². The summed E-state index contributed by atoms with van der Waals surface area (Å²) in [5.41, 5.74) is 1.07. The molecule has 1 saturated carbocycles. The Bertz CT molecular complexity index is 462. The van der Waals surface area contributed by atoms with Gasteiger partial charge in [0.1, 0.15) is 5.82 Å². The zero-order valence-corrected chi connectivity index (χ0v) is 10.8. The van der Waals surface area contributed by atoms with Crippen molar-refractivity contribution in [3.05, 3.63) is 35.1 Å². The molecule has 0 aliphatic heterocycles. The van der Waals surface area contributed by atoms with E-state index in [1.165, 1.54) is 18.2 Å². The number of benzene rings is 1. The van der Waals surface area contributed by atoms with Crippen LogP contribution < -0.4 is 0 Å². The molecule has 0 bridgehead atoms. The molecule has 0 unspecified atom stereocenters. The Labute approximate surface area is 112 Å². The molecule has 0 heterocycles. The maximum absolute atomic E-state index is 13.2. The summed E-state index contributed by atoms with van der Waals surface area (Å²) in [6.07, 6.45) is 3.92. The number of ether oxygens (including phenoxy) is 1. The van der Waals surface area contributed by atoms with Crippen LogP contribution in [0.2, 0.25) is 0 Å². The van der Waals surface area contributed by atoms with Crippen LogP contribution in [0.15, 0.2) is 18.2 Å². The molecule has 1 fully saturated rings. The van der Waals surface area contributed by atoms with Crippen LogP contribution in [0.1, 0.15) is 36.8 Å². The molecule has 0 saturated heterocycles. The fraction of sp³-hybridized carbons (Fsp3) is 0.533. The van der Waals surface area contributed by atoms with Crippen molar-refractivity contribution >= 4 is 0 Å². The largest absolute Gasteiger partial charge is 0.396 e. The van der Waals surface area contributed by atoms with Gasteiger partial charge in [-0.25, -0.2) is 4.39 Å². The van der Waals surface area contributed by atoms with Crippen LogP contribution in [-0.4, -0.2) is 17.8 Å². The molecule has 4 heteroatoms. The van der Waals surface area contributed by atoms with Gasteiger partial charge in [0.15, 0.2) is 0 Å². The lowest BCUT2D eigenvalue weighted by Crippen LogP contribution is -2.23. The van der Waals surface area contributed by atoms with E-state index < -0.39 is 0 Å². The second kappa shape index (κ2) is 6.65. The Morgan fingerprint density at radius 3 is 2.68 bits per heavy atom. The maximum atomic E-state index is 13.2. The van der Waals surface area contributed by atoms with Gasteiger partial charge in [0.2, 0.25) is 0 Å². The monoisotopic (exact) mass is 263 g/mol. The lowest BCUT2D eigenvalue weighted by molar-refractivity contribution is 0.00104. The second-order valence-corrected chi connectivity index (χ2v) is 5.05. The number of aliphatic hydroxyl groups excluding tert-OH is 1. The molecule has 0 atom stereocenters. The first kappa shape index (κ1) is 14.0. The van der Waals surface area contributed by atoms with Gasteiger partial charge in [-0.2, -0.15) is 5.26 Å². The van der Waals surface area contributed by atoms with E-state index >= 15 is 0 Å². The summed E-state index contributed by atoms with van der Waals surface area (Å²) in [4.78, 5) is 0. The molecule has 1 N–H and O–H groups in total. The summed E-state index contributed by atoms with van der Waals surface area (Å²) < 4.78 is 18.9. The van der Waals surface area contributed by atoms with Crippen LogP contribution in [-0.2, 0) is 11.3 Å². The van der Waals surface area contributed by atoms with E-state index in [1.54, 1.807) is 0 Å². The van der Waals surface area contributed by atoms with Crippen LogP contribution >= 0.6 is 0 Å². The number of aliphatic hydroxyl groups is 1. The minimum Gasteiger partial charge on any atom is -0.396 e. The van der Waals surface area contributed by atoms with E-state index in [4.69, 9.17) is 15.1 Å². The highest BCUT2D eigenvalue weighted by atomic mass is 19.1. The summed E-state index contributed by atoms with van der Waals surface area (Å²) in [5, 5.41) is 18.0. The number of hydrogen-bond acceptors (Lipinski definition) is 3. The van der Waals surface area contributed by atoms with Crippen LogP contribution in [0.3, 0.4) is 0 Å². The van der Waals surface area contributed by atoms with Gasteiger partial charge >= 0.3 is 0 Å². The van der Waals surface area contributed by atoms with Crippen molar-refractivity contribution in [3.63, 3.8) is 0 Å². The SMILES string of the molecule is N#Cc1ccc(F)cc1COC1CCC(CO)CC1. The van der Waals surface area contributed by atoms with Crippen molar-refractivity contribution in [2.24, 2.45) is 5.92 Å². The van der Waals surface area contributed by atoms with Gasteiger partial charge in [0.05, 0.1) is 24.3 Å². The summed E-state index contributed by atoms with van der Waals surface area (Å²) >= 11 is 0. The van der Waals surface area contributed by atoms with E-state index in [1.807, 2.05) is 6.07 Å². The van der Waals surface area contributed by atoms with E-state index in [2.05, 4.69) is 0 Å². The standard InChI is InChI=1S/C15H18FNO2/c16-14-4-3-12(8-17)13(7-14)10-19-15-5-1-11(9-18)2-6-15/h3-4,7,11,15,18H,1-2,5-6,9-10H2. The highest BCUT2D eigenvalue weighted by Gasteiger charge is 2.21. The van der Waals surface area contributed by atoms with Crippen LogP contribution in [0.4, 0.5) is 4.39 Å². The third-order valence-electron chi connectivity index (χ3n) is 3.71. The normalized spacial score (nSPS) is 23.0. The molecule has 102 valence electrons. The maximum Gasteiger partial charge on any atom is 0.123 e. The number of halogens is 1. The van der Waals surface area contributed by atoms with Crippen LogP contribution in [0.5, 0.6) is 0 Å². The molecule has 0 aromatic heterocycles. The predicted molar refractivity (Wildman–Crippen MR) is 68.7 cm³/mol. The highest BCUT2D eigenvalue weighted by Crippen LogP contribution is 2.26. The van der Waals surface area contributed by atoms with E-state index in [9.17, 15) is 4.39 Å². The Hall–Kier alpha value is -1.44. The Kier molecular flexibility index (Phi) is 4.89. The lowest BCUT2D eigenvalue weighted by Gasteiger charge is -2.27. The molecule has 0 spiro atoms. The molecular weight excluding hydrogens is 245 g/mol. The molecule has 1 aliphatic carbocycles. The summed E-state index contributed by atoms with van der Waals surface area (Å²) in [6, 6.07) is 6.18. The van der Waals surface area contributed by atoms with Crippen molar-refractivity contribution in [1.29, 1.82) is 5.26 Å². The Balaban J connectivity index is 1.89. The van der Waals surface area contributed by atoms with Crippen molar-refractivity contribution in [2.75, 3.05) is 6.61 Å². The molecule has 1 aromatic carbocycles. The zero-order valence-electron chi connectivity index (χ0n) is 10.8. The predicted octanol–water partition coefficient (Wildman–Crippen LogP) is 2.77. The lowest BCUT2D eigenvalue weighted by atomic mass is 9.88. The van der Waals surface area contributed by atoms with Gasteiger partial charge in [-0.05, 0) is 55.4 Å². The van der Waals surface area contributed by atoms with E-state index in [0.717, 1.165) is 25.7 Å². The molecule has 2 rings (SSSR count). The third-order valence-corrected chi connectivity index (χ3v) is 3.71. The number of hydrogen-bond donors (Lipinski definition) is 1. The Morgan fingerprint density at radius 1 is 1.32 bits per heavy atom. The first-order valence-electron chi connectivity index (χ1n) is 6.64. The summed E-state index contributed by atoms with van der Waals surface area (Å²) in [6.45, 7) is 0.518. The van der Waals surface area contributed by atoms with Gasteiger partial charge in [0, 0.05) is 6.61 Å². The highest BCUT2D eigenvalue weighted by molar-refractivity contribution is 5.37. The van der Waals surface area contributed by atoms with Crippen molar-refractivity contribution in [2.45, 2.75) is 38.4 Å². The summed E-state index contributed by atoms with van der Waals surface area (Å²) in [5.74, 6) is 0.0466. The van der Waals surface area contributed by atoms with Crippen molar-refractivity contribution < 1.29 is 14.2 Å². The molecule has 0 radical (unpaired) electrons. The van der Waals surface area contributed by atoms with E-state index in [-0.39, 0.29) is 25.1 Å². The molecular formula is C15H18FNO2. The van der Waals surface area contributed by atoms with Crippen LogP contribution in [0, 0.1) is 23.1 Å².